The van der Waals surface area contributed by atoms with Gasteiger partial charge in [-0.1, -0.05) is 17.7 Å². The molecule has 136 valence electrons. The molecule has 0 bridgehead atoms. The molecular weight excluding hydrogens is 382 g/mol. The number of oxazole rings is 1. The lowest BCUT2D eigenvalue weighted by Gasteiger charge is -2.29. The molecule has 3 heterocycles. The molecule has 0 unspecified atom stereocenters. The summed E-state index contributed by atoms with van der Waals surface area (Å²) in [5.74, 6) is 1.45. The van der Waals surface area contributed by atoms with Crippen LogP contribution in [0.5, 0.6) is 0 Å². The van der Waals surface area contributed by atoms with Gasteiger partial charge < -0.3 is 14.1 Å². The van der Waals surface area contributed by atoms with Crippen LogP contribution >= 0.6 is 23.4 Å². The number of thioether (sulfide) groups is 1. The zero-order chi connectivity index (χ0) is 18.4. The van der Waals surface area contributed by atoms with E-state index in [4.69, 9.17) is 20.8 Å². The fourth-order valence-corrected chi connectivity index (χ4v) is 5.11. The third-order valence-corrected chi connectivity index (χ3v) is 6.51. The van der Waals surface area contributed by atoms with Crippen molar-refractivity contribution in [2.24, 2.45) is 0 Å². The second-order valence-corrected chi connectivity index (χ2v) is 8.06. The van der Waals surface area contributed by atoms with E-state index in [1.165, 1.54) is 0 Å². The number of halogens is 1. The van der Waals surface area contributed by atoms with Crippen molar-refractivity contribution in [3.63, 3.8) is 0 Å². The predicted molar refractivity (Wildman–Crippen MR) is 107 cm³/mol. The molecule has 0 atom stereocenters. The number of benzene rings is 2. The molecule has 0 radical (unpaired) electrons. The van der Waals surface area contributed by atoms with Crippen LogP contribution < -0.4 is 4.90 Å². The normalized spacial score (nSPS) is 16.5. The van der Waals surface area contributed by atoms with Gasteiger partial charge in [-0.25, -0.2) is 4.98 Å². The van der Waals surface area contributed by atoms with E-state index < -0.39 is 0 Å². The SMILES string of the molecule is N#Cc1c2c(cc3nc(-c4cccc(N5CCOCC5)c4Cl)oc13)SCC2. The van der Waals surface area contributed by atoms with Crippen molar-refractivity contribution in [3.05, 3.63) is 40.4 Å². The van der Waals surface area contributed by atoms with Crippen LogP contribution in [-0.4, -0.2) is 37.0 Å². The van der Waals surface area contributed by atoms with Crippen LogP contribution in [0.1, 0.15) is 11.1 Å². The minimum atomic E-state index is 0.454. The summed E-state index contributed by atoms with van der Waals surface area (Å²) in [4.78, 5) is 8.00. The van der Waals surface area contributed by atoms with Gasteiger partial charge in [-0.2, -0.15) is 5.26 Å². The van der Waals surface area contributed by atoms with Crippen molar-refractivity contribution < 1.29 is 9.15 Å². The summed E-state index contributed by atoms with van der Waals surface area (Å²) in [6.45, 7) is 2.99. The van der Waals surface area contributed by atoms with E-state index in [1.54, 1.807) is 11.8 Å². The second-order valence-electron chi connectivity index (χ2n) is 6.54. The summed E-state index contributed by atoms with van der Waals surface area (Å²) in [7, 11) is 0. The smallest absolute Gasteiger partial charge is 0.228 e. The first kappa shape index (κ1) is 16.9. The van der Waals surface area contributed by atoms with Crippen molar-refractivity contribution in [1.29, 1.82) is 5.26 Å². The Hall–Kier alpha value is -2.20. The monoisotopic (exact) mass is 397 g/mol. The van der Waals surface area contributed by atoms with Crippen LogP contribution in [0.2, 0.25) is 5.02 Å². The summed E-state index contributed by atoms with van der Waals surface area (Å²) in [5.41, 5.74) is 4.65. The number of morpholine rings is 1. The minimum absolute atomic E-state index is 0.454. The van der Waals surface area contributed by atoms with Gasteiger partial charge in [-0.05, 0) is 30.2 Å². The lowest BCUT2D eigenvalue weighted by molar-refractivity contribution is 0.122. The first-order valence-corrected chi connectivity index (χ1v) is 10.2. The van der Waals surface area contributed by atoms with Crippen molar-refractivity contribution in [3.8, 4) is 17.5 Å². The maximum absolute atomic E-state index is 9.66. The standard InChI is InChI=1S/C20H16ClN3O2S/c21-18-13(2-1-3-16(18)24-5-7-25-8-6-24)20-23-15-10-17-12(4-9-27-17)14(11-22)19(15)26-20/h1-3,10H,4-9H2. The summed E-state index contributed by atoms with van der Waals surface area (Å²) < 4.78 is 11.5. The molecule has 5 rings (SSSR count). The molecule has 2 aliphatic heterocycles. The average molecular weight is 398 g/mol. The molecule has 3 aromatic rings. The molecular formula is C20H16ClN3O2S. The highest BCUT2D eigenvalue weighted by Crippen LogP contribution is 2.41. The zero-order valence-corrected chi connectivity index (χ0v) is 16.1. The maximum atomic E-state index is 9.66. The van der Waals surface area contributed by atoms with E-state index in [1.807, 2.05) is 24.3 Å². The van der Waals surface area contributed by atoms with E-state index in [2.05, 4.69) is 16.0 Å². The molecule has 0 spiro atoms. The third-order valence-electron chi connectivity index (χ3n) is 5.03. The van der Waals surface area contributed by atoms with Crippen LogP contribution in [0.25, 0.3) is 22.6 Å². The van der Waals surface area contributed by atoms with Gasteiger partial charge in [0.1, 0.15) is 17.1 Å². The van der Waals surface area contributed by atoms with Gasteiger partial charge in [0.2, 0.25) is 5.89 Å². The molecule has 27 heavy (non-hydrogen) atoms. The van der Waals surface area contributed by atoms with Gasteiger partial charge in [0.25, 0.3) is 0 Å². The Morgan fingerprint density at radius 2 is 2.11 bits per heavy atom. The molecule has 7 heteroatoms. The Kier molecular flexibility index (Phi) is 4.24. The fourth-order valence-electron chi connectivity index (χ4n) is 3.69. The number of rotatable bonds is 2. The number of anilines is 1. The van der Waals surface area contributed by atoms with Crippen LogP contribution in [0.15, 0.2) is 33.6 Å². The van der Waals surface area contributed by atoms with Gasteiger partial charge in [0.05, 0.1) is 29.5 Å². The molecule has 5 nitrogen and oxygen atoms in total. The van der Waals surface area contributed by atoms with Crippen molar-refractivity contribution >= 4 is 40.1 Å². The molecule has 0 amide bonds. The Labute approximate surface area is 165 Å². The van der Waals surface area contributed by atoms with E-state index in [9.17, 15) is 5.26 Å². The maximum Gasteiger partial charge on any atom is 0.228 e. The highest BCUT2D eigenvalue weighted by atomic mass is 35.5. The molecule has 0 saturated carbocycles. The lowest BCUT2D eigenvalue weighted by Crippen LogP contribution is -2.36. The quantitative estimate of drug-likeness (QED) is 0.634. The Morgan fingerprint density at radius 1 is 1.26 bits per heavy atom. The van der Waals surface area contributed by atoms with E-state index in [0.717, 1.165) is 47.0 Å². The van der Waals surface area contributed by atoms with Crippen LogP contribution in [0.4, 0.5) is 5.69 Å². The number of hydrogen-bond acceptors (Lipinski definition) is 6. The number of hydrogen-bond donors (Lipinski definition) is 0. The van der Waals surface area contributed by atoms with Gasteiger partial charge >= 0.3 is 0 Å². The Morgan fingerprint density at radius 3 is 2.93 bits per heavy atom. The molecule has 0 N–H and O–H groups in total. The van der Waals surface area contributed by atoms with Crippen LogP contribution in [0, 0.1) is 11.3 Å². The van der Waals surface area contributed by atoms with Crippen LogP contribution in [0.3, 0.4) is 0 Å². The highest BCUT2D eigenvalue weighted by Gasteiger charge is 2.24. The number of ether oxygens (including phenoxy) is 1. The van der Waals surface area contributed by atoms with E-state index in [0.29, 0.717) is 40.8 Å². The van der Waals surface area contributed by atoms with E-state index in [-0.39, 0.29) is 0 Å². The molecule has 0 aliphatic carbocycles. The third kappa shape index (κ3) is 2.78. The Bertz CT molecular complexity index is 1080. The van der Waals surface area contributed by atoms with Crippen LogP contribution in [-0.2, 0) is 11.2 Å². The van der Waals surface area contributed by atoms with E-state index >= 15 is 0 Å². The lowest BCUT2D eigenvalue weighted by atomic mass is 10.1. The number of nitrogens with zero attached hydrogens (tertiary/aromatic N) is 3. The summed E-state index contributed by atoms with van der Waals surface area (Å²) in [6.07, 6.45) is 0.891. The first-order valence-electron chi connectivity index (χ1n) is 8.87. The average Bonchev–Trinajstić information content (AvgIpc) is 3.33. The molecule has 2 aliphatic rings. The first-order chi connectivity index (χ1) is 13.3. The zero-order valence-electron chi connectivity index (χ0n) is 14.5. The van der Waals surface area contributed by atoms with Crippen molar-refractivity contribution in [1.82, 2.24) is 4.98 Å². The summed E-state index contributed by atoms with van der Waals surface area (Å²) in [5, 5.41) is 10.3. The van der Waals surface area contributed by atoms with Crippen molar-refractivity contribution in [2.45, 2.75) is 11.3 Å². The largest absolute Gasteiger partial charge is 0.435 e. The molecule has 1 fully saturated rings. The second kappa shape index (κ2) is 6.75. The fraction of sp³-hybridized carbons (Fsp3) is 0.300. The van der Waals surface area contributed by atoms with Gasteiger partial charge in [0.15, 0.2) is 5.58 Å². The molecule has 1 aromatic heterocycles. The predicted octanol–water partition coefficient (Wildman–Crippen LogP) is 4.50. The van der Waals surface area contributed by atoms with Gasteiger partial charge in [-0.15, -0.1) is 11.8 Å². The number of nitriles is 1. The van der Waals surface area contributed by atoms with Gasteiger partial charge in [-0.3, -0.25) is 0 Å². The highest BCUT2D eigenvalue weighted by molar-refractivity contribution is 7.99. The number of aromatic nitrogens is 1. The van der Waals surface area contributed by atoms with Gasteiger partial charge in [0, 0.05) is 23.7 Å². The molecule has 1 saturated heterocycles. The van der Waals surface area contributed by atoms with Crippen molar-refractivity contribution in [2.75, 3.05) is 37.0 Å². The molecule has 2 aromatic carbocycles. The topological polar surface area (TPSA) is 62.3 Å². The Balaban J connectivity index is 1.63. The summed E-state index contributed by atoms with van der Waals surface area (Å²) in [6, 6.07) is 10.2. The summed E-state index contributed by atoms with van der Waals surface area (Å²) >= 11 is 8.49. The minimum Gasteiger partial charge on any atom is -0.435 e. The number of fused-ring (bicyclic) bond motifs is 2.